The van der Waals surface area contributed by atoms with Crippen molar-refractivity contribution in [1.82, 2.24) is 20.6 Å². The van der Waals surface area contributed by atoms with Crippen LogP contribution in [0, 0.1) is 5.92 Å². The zero-order valence-electron chi connectivity index (χ0n) is 8.36. The van der Waals surface area contributed by atoms with Gasteiger partial charge < -0.3 is 0 Å². The molecule has 16 heavy (non-hydrogen) atoms. The van der Waals surface area contributed by atoms with Gasteiger partial charge in [-0.05, 0) is 5.92 Å². The third kappa shape index (κ3) is 1.84. The third-order valence-corrected chi connectivity index (χ3v) is 2.52. The van der Waals surface area contributed by atoms with E-state index in [1.165, 1.54) is 6.08 Å². The molecule has 1 aliphatic carbocycles. The Morgan fingerprint density at radius 2 is 2.12 bits per heavy atom. The van der Waals surface area contributed by atoms with E-state index >= 15 is 0 Å². The Kier molecular flexibility index (Phi) is 2.53. The molecule has 2 rings (SSSR count). The molecule has 0 saturated carbocycles. The molecule has 0 aromatic carbocycles. The summed E-state index contributed by atoms with van der Waals surface area (Å²) < 4.78 is 38.3. The quantitative estimate of drug-likeness (QED) is 0.802. The largest absolute Gasteiger partial charge is 0.413 e. The molecule has 1 heterocycles. The number of rotatable bonds is 1. The molecule has 1 aliphatic rings. The second kappa shape index (κ2) is 3.73. The van der Waals surface area contributed by atoms with Gasteiger partial charge in [0.2, 0.25) is 0 Å². The first kappa shape index (κ1) is 10.8. The molecule has 86 valence electrons. The summed E-state index contributed by atoms with van der Waals surface area (Å²) in [5.41, 5.74) is -0.635. The number of nitrogens with zero attached hydrogens (tertiary/aromatic N) is 3. The van der Waals surface area contributed by atoms with Gasteiger partial charge in [0.15, 0.2) is 5.82 Å². The van der Waals surface area contributed by atoms with Crippen LogP contribution in [0.4, 0.5) is 13.2 Å². The van der Waals surface area contributed by atoms with Crippen molar-refractivity contribution in [3.63, 3.8) is 0 Å². The number of hydrogen-bond donors (Lipinski definition) is 1. The summed E-state index contributed by atoms with van der Waals surface area (Å²) in [5, 5.41) is 12.7. The van der Waals surface area contributed by atoms with Crippen molar-refractivity contribution in [2.24, 2.45) is 5.92 Å². The van der Waals surface area contributed by atoms with Gasteiger partial charge in [-0.2, -0.15) is 18.4 Å². The van der Waals surface area contributed by atoms with Gasteiger partial charge in [-0.1, -0.05) is 30.4 Å². The van der Waals surface area contributed by atoms with Crippen LogP contribution in [0.1, 0.15) is 18.7 Å². The average molecular weight is 230 g/mol. The van der Waals surface area contributed by atoms with E-state index in [1.54, 1.807) is 13.0 Å². The van der Waals surface area contributed by atoms with E-state index in [2.05, 4.69) is 20.6 Å². The third-order valence-electron chi connectivity index (χ3n) is 2.52. The van der Waals surface area contributed by atoms with Crippen LogP contribution in [0.3, 0.4) is 0 Å². The van der Waals surface area contributed by atoms with Crippen LogP contribution in [-0.4, -0.2) is 26.8 Å². The minimum Gasteiger partial charge on any atom is -0.177 e. The fourth-order valence-corrected chi connectivity index (χ4v) is 1.78. The number of alkyl halides is 3. The molecule has 0 fully saturated rings. The predicted octanol–water partition coefficient (Wildman–Crippen LogP) is 1.98. The normalized spacial score (nSPS) is 25.6. The molecule has 4 nitrogen and oxygen atoms in total. The Morgan fingerprint density at radius 1 is 1.38 bits per heavy atom. The average Bonchev–Trinajstić information content (AvgIpc) is 2.68. The van der Waals surface area contributed by atoms with Crippen LogP contribution < -0.4 is 0 Å². The molecule has 2 atom stereocenters. The minimum atomic E-state index is -4.37. The first-order valence-electron chi connectivity index (χ1n) is 4.69. The Bertz CT molecular complexity index is 418. The number of aromatic nitrogens is 4. The lowest BCUT2D eigenvalue weighted by Crippen LogP contribution is -2.25. The number of aromatic amines is 1. The Labute approximate surface area is 89.2 Å². The maximum absolute atomic E-state index is 12.8. The highest BCUT2D eigenvalue weighted by atomic mass is 19.4. The van der Waals surface area contributed by atoms with Gasteiger partial charge in [-0.25, -0.2) is 0 Å². The molecular formula is C9H9F3N4. The summed E-state index contributed by atoms with van der Waals surface area (Å²) in [7, 11) is 0. The Morgan fingerprint density at radius 3 is 2.69 bits per heavy atom. The molecular weight excluding hydrogens is 221 g/mol. The van der Waals surface area contributed by atoms with Gasteiger partial charge in [0.05, 0.1) is 5.92 Å². The second-order valence-corrected chi connectivity index (χ2v) is 3.61. The highest BCUT2D eigenvalue weighted by Crippen LogP contribution is 2.42. The summed E-state index contributed by atoms with van der Waals surface area (Å²) in [4.78, 5) is 0. The molecule has 7 heteroatoms. The van der Waals surface area contributed by atoms with Crippen molar-refractivity contribution in [3.8, 4) is 0 Å². The number of allylic oxidation sites excluding steroid dienone is 4. The fraction of sp³-hybridized carbons (Fsp3) is 0.444. The number of halogens is 3. The summed E-state index contributed by atoms with van der Waals surface area (Å²) >= 11 is 0. The van der Waals surface area contributed by atoms with Crippen molar-refractivity contribution in [2.75, 3.05) is 0 Å². The second-order valence-electron chi connectivity index (χ2n) is 3.61. The van der Waals surface area contributed by atoms with Crippen molar-refractivity contribution in [3.05, 3.63) is 29.6 Å². The van der Waals surface area contributed by atoms with Crippen molar-refractivity contribution >= 4 is 0 Å². The SMILES string of the molecule is CC1C=CC=C(C(F)(F)F)C1c1nn[nH]n1. The standard InChI is InChI=1S/C9H9F3N4/c1-5-3-2-4-6(9(10,11)12)7(5)8-13-15-16-14-8/h2-5,7H,1H3,(H,13,14,15,16). The Hall–Kier alpha value is -1.66. The fourth-order valence-electron chi connectivity index (χ4n) is 1.78. The van der Waals surface area contributed by atoms with Crippen LogP contribution in [0.15, 0.2) is 23.8 Å². The van der Waals surface area contributed by atoms with Crippen LogP contribution >= 0.6 is 0 Å². The van der Waals surface area contributed by atoms with Gasteiger partial charge in [0.25, 0.3) is 0 Å². The smallest absolute Gasteiger partial charge is 0.177 e. The lowest BCUT2D eigenvalue weighted by Gasteiger charge is -2.25. The maximum atomic E-state index is 12.8. The molecule has 0 radical (unpaired) electrons. The van der Waals surface area contributed by atoms with E-state index in [9.17, 15) is 13.2 Å². The van der Waals surface area contributed by atoms with Gasteiger partial charge in [-0.15, -0.1) is 10.2 Å². The van der Waals surface area contributed by atoms with Gasteiger partial charge in [0.1, 0.15) is 0 Å². The van der Waals surface area contributed by atoms with E-state index in [0.29, 0.717) is 0 Å². The number of H-pyrrole nitrogens is 1. The summed E-state index contributed by atoms with van der Waals surface area (Å²) in [6.07, 6.45) is -0.217. The van der Waals surface area contributed by atoms with Crippen LogP contribution in [0.5, 0.6) is 0 Å². The molecule has 0 aliphatic heterocycles. The molecule has 1 aromatic heterocycles. The molecule has 0 spiro atoms. The van der Waals surface area contributed by atoms with E-state index in [-0.39, 0.29) is 11.7 Å². The minimum absolute atomic E-state index is 0.0698. The molecule has 0 saturated heterocycles. The van der Waals surface area contributed by atoms with Crippen molar-refractivity contribution in [2.45, 2.75) is 19.0 Å². The van der Waals surface area contributed by atoms with Crippen LogP contribution in [-0.2, 0) is 0 Å². The molecule has 0 bridgehead atoms. The maximum Gasteiger partial charge on any atom is 0.413 e. The van der Waals surface area contributed by atoms with Crippen LogP contribution in [0.25, 0.3) is 0 Å². The number of nitrogens with one attached hydrogen (secondary N) is 1. The van der Waals surface area contributed by atoms with Crippen molar-refractivity contribution < 1.29 is 13.2 Å². The predicted molar refractivity (Wildman–Crippen MR) is 49.4 cm³/mol. The van der Waals surface area contributed by atoms with E-state index in [1.807, 2.05) is 0 Å². The lowest BCUT2D eigenvalue weighted by atomic mass is 9.82. The molecule has 1 aromatic rings. The zero-order chi connectivity index (χ0) is 11.8. The van der Waals surface area contributed by atoms with Crippen LogP contribution in [0.2, 0.25) is 0 Å². The molecule has 2 unspecified atom stereocenters. The first-order valence-corrected chi connectivity index (χ1v) is 4.69. The van der Waals surface area contributed by atoms with Crippen molar-refractivity contribution in [1.29, 1.82) is 0 Å². The monoisotopic (exact) mass is 230 g/mol. The zero-order valence-corrected chi connectivity index (χ0v) is 8.36. The highest BCUT2D eigenvalue weighted by molar-refractivity contribution is 5.32. The van der Waals surface area contributed by atoms with Gasteiger partial charge >= 0.3 is 6.18 Å². The van der Waals surface area contributed by atoms with E-state index in [4.69, 9.17) is 0 Å². The first-order chi connectivity index (χ1) is 7.50. The summed E-state index contributed by atoms with van der Waals surface area (Å²) in [5.74, 6) is -1.12. The molecule has 0 amide bonds. The molecule has 1 N–H and O–H groups in total. The summed E-state index contributed by atoms with van der Waals surface area (Å²) in [6, 6.07) is 0. The van der Waals surface area contributed by atoms with E-state index in [0.717, 1.165) is 6.08 Å². The summed E-state index contributed by atoms with van der Waals surface area (Å²) in [6.45, 7) is 1.69. The Balaban J connectivity index is 2.41. The van der Waals surface area contributed by atoms with Gasteiger partial charge in [-0.3, -0.25) is 0 Å². The van der Waals surface area contributed by atoms with Gasteiger partial charge in [0, 0.05) is 5.57 Å². The number of tetrazole rings is 1. The lowest BCUT2D eigenvalue weighted by molar-refractivity contribution is -0.0974. The highest BCUT2D eigenvalue weighted by Gasteiger charge is 2.43. The topological polar surface area (TPSA) is 54.5 Å². The van der Waals surface area contributed by atoms with E-state index < -0.39 is 17.7 Å². The number of hydrogen-bond acceptors (Lipinski definition) is 3.